The van der Waals surface area contributed by atoms with Gasteiger partial charge in [-0.05, 0) is 43.9 Å². The predicted octanol–water partition coefficient (Wildman–Crippen LogP) is 7.96. The lowest BCUT2D eigenvalue weighted by atomic mass is 9.70. The van der Waals surface area contributed by atoms with Crippen LogP contribution in [0.5, 0.6) is 0 Å². The van der Waals surface area contributed by atoms with E-state index in [4.69, 9.17) is 4.74 Å². The Morgan fingerprint density at radius 2 is 1.26 bits per heavy atom. The molecule has 0 radical (unpaired) electrons. The standard InChI is InChI=1S/C25H45NO/c1-2-3-4-5-6-7-8-9-10-14-21-27-25(22-26)19-17-24(18-20-25)23-15-12-11-13-16-23/h23-24H,2-21H2,1H3/t24-,25-. The fourth-order valence-corrected chi connectivity index (χ4v) is 5.33. The molecular formula is C25H45NO. The second-order valence-electron chi connectivity index (χ2n) is 9.37. The molecule has 0 heterocycles. The Labute approximate surface area is 169 Å². The molecule has 2 saturated carbocycles. The molecule has 0 aromatic rings. The van der Waals surface area contributed by atoms with Crippen LogP contribution < -0.4 is 0 Å². The molecule has 0 atom stereocenters. The minimum absolute atomic E-state index is 0.454. The molecule has 0 aromatic heterocycles. The van der Waals surface area contributed by atoms with Gasteiger partial charge in [0.2, 0.25) is 0 Å². The van der Waals surface area contributed by atoms with E-state index in [1.807, 2.05) is 0 Å². The Morgan fingerprint density at radius 3 is 1.81 bits per heavy atom. The highest BCUT2D eigenvalue weighted by Gasteiger charge is 2.38. The second-order valence-corrected chi connectivity index (χ2v) is 9.37. The number of hydrogen-bond acceptors (Lipinski definition) is 2. The maximum atomic E-state index is 9.72. The number of hydrogen-bond donors (Lipinski definition) is 0. The average Bonchev–Trinajstić information content (AvgIpc) is 2.73. The summed E-state index contributed by atoms with van der Waals surface area (Å²) in [5.41, 5.74) is -0.454. The summed E-state index contributed by atoms with van der Waals surface area (Å²) in [4.78, 5) is 0. The maximum Gasteiger partial charge on any atom is 0.154 e. The zero-order valence-electron chi connectivity index (χ0n) is 18.2. The van der Waals surface area contributed by atoms with Crippen LogP contribution in [0.2, 0.25) is 0 Å². The molecular weight excluding hydrogens is 330 g/mol. The number of ether oxygens (including phenoxy) is 1. The van der Waals surface area contributed by atoms with Crippen LogP contribution in [0.3, 0.4) is 0 Å². The highest BCUT2D eigenvalue weighted by atomic mass is 16.5. The minimum atomic E-state index is -0.454. The Morgan fingerprint density at radius 1 is 0.741 bits per heavy atom. The summed E-state index contributed by atoms with van der Waals surface area (Å²) in [7, 11) is 0. The highest BCUT2D eigenvalue weighted by molar-refractivity contribution is 5.05. The van der Waals surface area contributed by atoms with Crippen LogP contribution in [0.1, 0.15) is 129 Å². The summed E-state index contributed by atoms with van der Waals surface area (Å²) in [6, 6.07) is 2.55. The first-order chi connectivity index (χ1) is 13.3. The smallest absolute Gasteiger partial charge is 0.154 e. The van der Waals surface area contributed by atoms with Crippen LogP contribution in [0.25, 0.3) is 0 Å². The molecule has 0 saturated heterocycles. The van der Waals surface area contributed by atoms with Gasteiger partial charge in [0.25, 0.3) is 0 Å². The Balaban J connectivity index is 1.50. The molecule has 2 aliphatic rings. The van der Waals surface area contributed by atoms with Gasteiger partial charge in [0, 0.05) is 6.61 Å². The molecule has 156 valence electrons. The lowest BCUT2D eigenvalue weighted by molar-refractivity contribution is -0.0448. The van der Waals surface area contributed by atoms with Gasteiger partial charge in [-0.15, -0.1) is 0 Å². The van der Waals surface area contributed by atoms with E-state index >= 15 is 0 Å². The quantitative estimate of drug-likeness (QED) is 0.306. The van der Waals surface area contributed by atoms with Gasteiger partial charge in [0.1, 0.15) is 0 Å². The predicted molar refractivity (Wildman–Crippen MR) is 115 cm³/mol. The monoisotopic (exact) mass is 375 g/mol. The van der Waals surface area contributed by atoms with Crippen molar-refractivity contribution in [3.8, 4) is 6.07 Å². The van der Waals surface area contributed by atoms with Gasteiger partial charge in [-0.3, -0.25) is 0 Å². The van der Waals surface area contributed by atoms with Crippen LogP contribution in [-0.2, 0) is 4.74 Å². The molecule has 0 spiro atoms. The van der Waals surface area contributed by atoms with E-state index in [1.165, 1.54) is 103 Å². The van der Waals surface area contributed by atoms with Gasteiger partial charge in [-0.1, -0.05) is 96.8 Å². The SMILES string of the molecule is CCCCCCCCCCCCO[C@]1(C#N)CC[C@@H](C2CCCCC2)CC1. The lowest BCUT2D eigenvalue weighted by Crippen LogP contribution is -2.38. The van der Waals surface area contributed by atoms with E-state index in [9.17, 15) is 5.26 Å². The number of unbranched alkanes of at least 4 members (excludes halogenated alkanes) is 9. The number of rotatable bonds is 13. The first-order valence-electron chi connectivity index (χ1n) is 12.3. The van der Waals surface area contributed by atoms with Crippen molar-refractivity contribution in [1.29, 1.82) is 5.26 Å². The minimum Gasteiger partial charge on any atom is -0.360 e. The van der Waals surface area contributed by atoms with Gasteiger partial charge in [0.05, 0.1) is 6.07 Å². The summed E-state index contributed by atoms with van der Waals surface area (Å²) in [5, 5.41) is 9.72. The van der Waals surface area contributed by atoms with Crippen molar-refractivity contribution in [2.75, 3.05) is 6.61 Å². The molecule has 0 unspecified atom stereocenters. The first kappa shape index (κ1) is 22.7. The zero-order chi connectivity index (χ0) is 19.2. The number of nitrogens with zero attached hydrogens (tertiary/aromatic N) is 1. The van der Waals surface area contributed by atoms with Crippen LogP contribution in [0.4, 0.5) is 0 Å². The van der Waals surface area contributed by atoms with Gasteiger partial charge in [0.15, 0.2) is 5.60 Å². The summed E-state index contributed by atoms with van der Waals surface area (Å²) >= 11 is 0. The summed E-state index contributed by atoms with van der Waals surface area (Å²) in [6.07, 6.45) is 25.0. The van der Waals surface area contributed by atoms with E-state index in [-0.39, 0.29) is 0 Å². The van der Waals surface area contributed by atoms with E-state index in [0.717, 1.165) is 37.7 Å². The molecule has 27 heavy (non-hydrogen) atoms. The molecule has 2 rings (SSSR count). The van der Waals surface area contributed by atoms with Crippen molar-refractivity contribution >= 4 is 0 Å². The fourth-order valence-electron chi connectivity index (χ4n) is 5.33. The van der Waals surface area contributed by atoms with Crippen molar-refractivity contribution in [2.24, 2.45) is 11.8 Å². The Bertz CT molecular complexity index is 399. The zero-order valence-corrected chi connectivity index (χ0v) is 18.2. The fraction of sp³-hybridized carbons (Fsp3) is 0.960. The molecule has 2 nitrogen and oxygen atoms in total. The molecule has 2 fully saturated rings. The third-order valence-electron chi connectivity index (χ3n) is 7.23. The summed E-state index contributed by atoms with van der Waals surface area (Å²) < 4.78 is 6.17. The third kappa shape index (κ3) is 8.55. The second kappa shape index (κ2) is 13.6. The topological polar surface area (TPSA) is 33.0 Å². The molecule has 0 amide bonds. The highest BCUT2D eigenvalue weighted by Crippen LogP contribution is 2.42. The average molecular weight is 376 g/mol. The van der Waals surface area contributed by atoms with E-state index in [2.05, 4.69) is 13.0 Å². The molecule has 0 bridgehead atoms. The van der Waals surface area contributed by atoms with E-state index < -0.39 is 5.60 Å². The molecule has 0 aliphatic heterocycles. The third-order valence-corrected chi connectivity index (χ3v) is 7.23. The lowest BCUT2D eigenvalue weighted by Gasteiger charge is -2.39. The van der Waals surface area contributed by atoms with Crippen molar-refractivity contribution < 1.29 is 4.74 Å². The van der Waals surface area contributed by atoms with Gasteiger partial charge >= 0.3 is 0 Å². The van der Waals surface area contributed by atoms with Crippen molar-refractivity contribution in [3.63, 3.8) is 0 Å². The molecule has 2 aliphatic carbocycles. The van der Waals surface area contributed by atoms with Crippen molar-refractivity contribution in [3.05, 3.63) is 0 Å². The van der Waals surface area contributed by atoms with Crippen LogP contribution in [0.15, 0.2) is 0 Å². The van der Waals surface area contributed by atoms with Crippen LogP contribution in [-0.4, -0.2) is 12.2 Å². The number of nitriles is 1. The van der Waals surface area contributed by atoms with Gasteiger partial charge in [-0.25, -0.2) is 0 Å². The van der Waals surface area contributed by atoms with Gasteiger partial charge in [-0.2, -0.15) is 5.26 Å². The molecule has 0 aromatic carbocycles. The molecule has 0 N–H and O–H groups in total. The van der Waals surface area contributed by atoms with E-state index in [1.54, 1.807) is 0 Å². The first-order valence-corrected chi connectivity index (χ1v) is 12.3. The largest absolute Gasteiger partial charge is 0.360 e. The van der Waals surface area contributed by atoms with Gasteiger partial charge < -0.3 is 4.74 Å². The normalized spacial score (nSPS) is 26.7. The maximum absolute atomic E-state index is 9.72. The van der Waals surface area contributed by atoms with Crippen molar-refractivity contribution in [1.82, 2.24) is 0 Å². The Kier molecular flexibility index (Phi) is 11.5. The summed E-state index contributed by atoms with van der Waals surface area (Å²) in [6.45, 7) is 3.07. The van der Waals surface area contributed by atoms with Crippen molar-refractivity contribution in [2.45, 2.75) is 135 Å². The summed E-state index contributed by atoms with van der Waals surface area (Å²) in [5.74, 6) is 1.81. The van der Waals surface area contributed by atoms with Crippen LogP contribution in [0, 0.1) is 23.2 Å². The Hall–Kier alpha value is -0.550. The van der Waals surface area contributed by atoms with Crippen LogP contribution >= 0.6 is 0 Å². The molecule has 2 heteroatoms. The van der Waals surface area contributed by atoms with E-state index in [0.29, 0.717) is 0 Å².